The first kappa shape index (κ1) is 8.87. The largest absolute Gasteiger partial charge is 0.301 e. The maximum atomic E-state index is 10.7. The van der Waals surface area contributed by atoms with E-state index in [0.717, 1.165) is 11.8 Å². The molecule has 3 heteroatoms. The quantitative estimate of drug-likeness (QED) is 0.622. The molecule has 0 aliphatic rings. The summed E-state index contributed by atoms with van der Waals surface area (Å²) in [7, 11) is 3.73. The van der Waals surface area contributed by atoms with Crippen molar-refractivity contribution < 1.29 is 4.79 Å². The summed E-state index contributed by atoms with van der Waals surface area (Å²) < 4.78 is 0. The molecule has 1 atom stereocenters. The van der Waals surface area contributed by atoms with E-state index in [9.17, 15) is 4.79 Å². The summed E-state index contributed by atoms with van der Waals surface area (Å²) in [5.41, 5.74) is 0.928. The van der Waals surface area contributed by atoms with Crippen LogP contribution in [0.5, 0.6) is 0 Å². The minimum atomic E-state index is -0.182. The number of nitrogens with zero attached hydrogens (tertiary/aromatic N) is 2. The van der Waals surface area contributed by atoms with Crippen LogP contribution < -0.4 is 0 Å². The summed E-state index contributed by atoms with van der Waals surface area (Å²) >= 11 is 0. The van der Waals surface area contributed by atoms with Crippen LogP contribution >= 0.6 is 0 Å². The molecule has 1 unspecified atom stereocenters. The Hall–Kier alpha value is -1.22. The summed E-state index contributed by atoms with van der Waals surface area (Å²) in [6.07, 6.45) is 4.32. The third-order valence-electron chi connectivity index (χ3n) is 1.71. The van der Waals surface area contributed by atoms with Crippen molar-refractivity contribution in [3.63, 3.8) is 0 Å². The highest BCUT2D eigenvalue weighted by atomic mass is 16.1. The molecule has 0 radical (unpaired) electrons. The zero-order chi connectivity index (χ0) is 8.97. The fourth-order valence-electron chi connectivity index (χ4n) is 1.05. The summed E-state index contributed by atoms with van der Waals surface area (Å²) in [6, 6.07) is 3.54. The second kappa shape index (κ2) is 3.97. The Morgan fingerprint density at radius 1 is 1.58 bits per heavy atom. The number of carbonyl (C=O) groups is 1. The van der Waals surface area contributed by atoms with Gasteiger partial charge in [0.25, 0.3) is 0 Å². The molecule has 0 N–H and O–H groups in total. The average molecular weight is 164 g/mol. The Balaban J connectivity index is 2.88. The van der Waals surface area contributed by atoms with E-state index in [1.165, 1.54) is 0 Å². The van der Waals surface area contributed by atoms with Gasteiger partial charge < -0.3 is 4.79 Å². The van der Waals surface area contributed by atoms with Crippen molar-refractivity contribution >= 4 is 6.29 Å². The maximum absolute atomic E-state index is 10.7. The number of hydrogen-bond donors (Lipinski definition) is 0. The van der Waals surface area contributed by atoms with Gasteiger partial charge in [0.1, 0.15) is 6.29 Å². The zero-order valence-corrected chi connectivity index (χ0v) is 7.27. The molecule has 0 fully saturated rings. The Morgan fingerprint density at radius 3 is 2.75 bits per heavy atom. The van der Waals surface area contributed by atoms with Crippen LogP contribution in [-0.2, 0) is 4.79 Å². The molecule has 0 aliphatic heterocycles. The van der Waals surface area contributed by atoms with Gasteiger partial charge in [-0.15, -0.1) is 0 Å². The molecule has 12 heavy (non-hydrogen) atoms. The van der Waals surface area contributed by atoms with E-state index in [-0.39, 0.29) is 6.04 Å². The van der Waals surface area contributed by atoms with Crippen molar-refractivity contribution in [3.05, 3.63) is 30.1 Å². The van der Waals surface area contributed by atoms with E-state index >= 15 is 0 Å². The molecular formula is C9H12N2O. The van der Waals surface area contributed by atoms with Gasteiger partial charge in [-0.1, -0.05) is 6.07 Å². The Labute approximate surface area is 72.0 Å². The predicted molar refractivity (Wildman–Crippen MR) is 46.7 cm³/mol. The minimum Gasteiger partial charge on any atom is -0.301 e. The highest BCUT2D eigenvalue weighted by Crippen LogP contribution is 2.13. The number of carbonyl (C=O) groups excluding carboxylic acids is 1. The number of hydrogen-bond acceptors (Lipinski definition) is 3. The van der Waals surface area contributed by atoms with Crippen molar-refractivity contribution in [2.45, 2.75) is 6.04 Å². The van der Waals surface area contributed by atoms with E-state index in [0.29, 0.717) is 0 Å². The van der Waals surface area contributed by atoms with Crippen LogP contribution in [0.3, 0.4) is 0 Å². The van der Waals surface area contributed by atoms with Crippen molar-refractivity contribution in [1.82, 2.24) is 9.88 Å². The standard InChI is InChI=1S/C9H12N2O/c1-11(2)9(7-12)8-4-3-5-10-6-8/h3-7,9H,1-2H3. The van der Waals surface area contributed by atoms with Crippen LogP contribution in [-0.4, -0.2) is 30.3 Å². The topological polar surface area (TPSA) is 33.2 Å². The number of likely N-dealkylation sites (N-methyl/N-ethyl adjacent to an activating group) is 1. The molecule has 0 aliphatic carbocycles. The molecule has 0 spiro atoms. The third kappa shape index (κ3) is 1.89. The van der Waals surface area contributed by atoms with Crippen molar-refractivity contribution in [3.8, 4) is 0 Å². The van der Waals surface area contributed by atoms with Crippen molar-refractivity contribution in [2.24, 2.45) is 0 Å². The molecule has 1 aromatic heterocycles. The Bertz CT molecular complexity index is 246. The Morgan fingerprint density at radius 2 is 2.33 bits per heavy atom. The van der Waals surface area contributed by atoms with E-state index in [2.05, 4.69) is 4.98 Å². The summed E-state index contributed by atoms with van der Waals surface area (Å²) in [6.45, 7) is 0. The van der Waals surface area contributed by atoms with Gasteiger partial charge >= 0.3 is 0 Å². The number of aromatic nitrogens is 1. The van der Waals surface area contributed by atoms with E-state index in [1.54, 1.807) is 12.4 Å². The molecule has 1 rings (SSSR count). The summed E-state index contributed by atoms with van der Waals surface area (Å²) in [5.74, 6) is 0. The van der Waals surface area contributed by atoms with Gasteiger partial charge in [-0.05, 0) is 25.7 Å². The summed E-state index contributed by atoms with van der Waals surface area (Å²) in [4.78, 5) is 16.5. The van der Waals surface area contributed by atoms with Gasteiger partial charge in [0.2, 0.25) is 0 Å². The molecule has 3 nitrogen and oxygen atoms in total. The molecular weight excluding hydrogens is 152 g/mol. The van der Waals surface area contributed by atoms with Crippen LogP contribution in [0.25, 0.3) is 0 Å². The lowest BCUT2D eigenvalue weighted by Crippen LogP contribution is -2.20. The first-order chi connectivity index (χ1) is 5.75. The van der Waals surface area contributed by atoms with E-state index in [1.807, 2.05) is 31.1 Å². The second-order valence-electron chi connectivity index (χ2n) is 2.83. The van der Waals surface area contributed by atoms with Gasteiger partial charge in [0.15, 0.2) is 0 Å². The van der Waals surface area contributed by atoms with Crippen LogP contribution in [0.1, 0.15) is 11.6 Å². The van der Waals surface area contributed by atoms with Gasteiger partial charge in [-0.25, -0.2) is 0 Å². The molecule has 0 bridgehead atoms. The van der Waals surface area contributed by atoms with Gasteiger partial charge in [0, 0.05) is 12.4 Å². The average Bonchev–Trinajstić information content (AvgIpc) is 2.07. The molecule has 1 heterocycles. The Kier molecular flexibility index (Phi) is 2.94. The van der Waals surface area contributed by atoms with Crippen LogP contribution in [0.4, 0.5) is 0 Å². The molecule has 0 saturated heterocycles. The van der Waals surface area contributed by atoms with Gasteiger partial charge in [-0.2, -0.15) is 0 Å². The van der Waals surface area contributed by atoms with Crippen molar-refractivity contribution in [1.29, 1.82) is 0 Å². The van der Waals surface area contributed by atoms with Crippen molar-refractivity contribution in [2.75, 3.05) is 14.1 Å². The number of rotatable bonds is 3. The molecule has 0 aromatic carbocycles. The fourth-order valence-corrected chi connectivity index (χ4v) is 1.05. The highest BCUT2D eigenvalue weighted by molar-refractivity contribution is 5.60. The molecule has 0 saturated carbocycles. The minimum absolute atomic E-state index is 0.182. The number of aldehydes is 1. The normalized spacial score (nSPS) is 12.9. The zero-order valence-electron chi connectivity index (χ0n) is 7.27. The summed E-state index contributed by atoms with van der Waals surface area (Å²) in [5, 5.41) is 0. The fraction of sp³-hybridized carbons (Fsp3) is 0.333. The van der Waals surface area contributed by atoms with Gasteiger partial charge in [-0.3, -0.25) is 9.88 Å². The lowest BCUT2D eigenvalue weighted by atomic mass is 10.1. The maximum Gasteiger partial charge on any atom is 0.141 e. The van der Waals surface area contributed by atoms with Crippen LogP contribution in [0.15, 0.2) is 24.5 Å². The molecule has 1 aromatic rings. The monoisotopic (exact) mass is 164 g/mol. The van der Waals surface area contributed by atoms with Crippen LogP contribution in [0.2, 0.25) is 0 Å². The SMILES string of the molecule is CN(C)C(C=O)c1cccnc1. The molecule has 0 amide bonds. The van der Waals surface area contributed by atoms with Gasteiger partial charge in [0.05, 0.1) is 6.04 Å². The lowest BCUT2D eigenvalue weighted by Gasteiger charge is -2.17. The lowest BCUT2D eigenvalue weighted by molar-refractivity contribution is -0.111. The highest BCUT2D eigenvalue weighted by Gasteiger charge is 2.11. The van der Waals surface area contributed by atoms with Crippen LogP contribution in [0, 0.1) is 0 Å². The predicted octanol–water partition coefficient (Wildman–Crippen LogP) is 0.883. The third-order valence-corrected chi connectivity index (χ3v) is 1.71. The molecule has 64 valence electrons. The first-order valence-electron chi connectivity index (χ1n) is 3.77. The smallest absolute Gasteiger partial charge is 0.141 e. The number of pyridine rings is 1. The van der Waals surface area contributed by atoms with E-state index in [4.69, 9.17) is 0 Å². The first-order valence-corrected chi connectivity index (χ1v) is 3.77. The van der Waals surface area contributed by atoms with E-state index < -0.39 is 0 Å². The second-order valence-corrected chi connectivity index (χ2v) is 2.83.